The Hall–Kier alpha value is 2.54. The van der Waals surface area contributed by atoms with Crippen LogP contribution in [0.5, 0.6) is 0 Å². The molecule has 0 N–H and O–H groups in total. The van der Waals surface area contributed by atoms with Crippen molar-refractivity contribution < 1.29 is 41.7 Å². The van der Waals surface area contributed by atoms with Crippen LogP contribution in [0.3, 0.4) is 0 Å². The van der Waals surface area contributed by atoms with E-state index in [1.807, 2.05) is 0 Å². The second-order valence-corrected chi connectivity index (χ2v) is 0. The Morgan fingerprint density at radius 2 is 0.400 bits per heavy atom. The van der Waals surface area contributed by atoms with Gasteiger partial charge in [-0.25, -0.2) is 0 Å². The molecule has 0 atom stereocenters. The molecule has 0 aromatic heterocycles. The summed E-state index contributed by atoms with van der Waals surface area (Å²) in [4.78, 5) is 0. The SMILES string of the molecule is Cl.Cl.Cl.Cl.[Ce]. The molecule has 0 rings (SSSR count). The van der Waals surface area contributed by atoms with Gasteiger partial charge in [0.05, 0.1) is 0 Å². The minimum absolute atomic E-state index is 0. The molecule has 0 nitrogen and oxygen atoms in total. The van der Waals surface area contributed by atoms with Gasteiger partial charge in [0.15, 0.2) is 0 Å². The molecule has 0 unspecified atom stereocenters. The maximum atomic E-state index is 0. The Bertz CT molecular complexity index is 3.61. The van der Waals surface area contributed by atoms with Crippen LogP contribution in [0.15, 0.2) is 0 Å². The molecule has 0 aliphatic carbocycles. The fraction of sp³-hybridized carbons (Fsp3) is 0. The van der Waals surface area contributed by atoms with E-state index in [0.29, 0.717) is 0 Å². The normalized spacial score (nSPS) is 0. The first-order valence-electron chi connectivity index (χ1n) is 0. The summed E-state index contributed by atoms with van der Waals surface area (Å²) in [5, 5.41) is 0. The van der Waals surface area contributed by atoms with E-state index in [9.17, 15) is 0 Å². The third kappa shape index (κ3) is 20.9. The van der Waals surface area contributed by atoms with Gasteiger partial charge in [0.25, 0.3) is 0 Å². The Morgan fingerprint density at radius 3 is 0.400 bits per heavy atom. The van der Waals surface area contributed by atoms with Crippen molar-refractivity contribution in [1.29, 1.82) is 0 Å². The first-order chi connectivity index (χ1) is 0. The molecule has 0 aliphatic rings. The topological polar surface area (TPSA) is 0 Å². The molecule has 0 fully saturated rings. The Labute approximate surface area is 89.9 Å². The van der Waals surface area contributed by atoms with Crippen LogP contribution in [0.25, 0.3) is 0 Å². The number of rotatable bonds is 0. The van der Waals surface area contributed by atoms with Crippen molar-refractivity contribution in [2.75, 3.05) is 0 Å². The zero-order valence-corrected chi connectivity index (χ0v) is 8.54. The van der Waals surface area contributed by atoms with Crippen LogP contribution in [-0.2, 0) is 0 Å². The largest absolute Gasteiger partial charge is 0.147 e. The smallest absolute Gasteiger partial charge is 0 e. The summed E-state index contributed by atoms with van der Waals surface area (Å²) in [6.07, 6.45) is 0. The molecule has 0 saturated carbocycles. The van der Waals surface area contributed by atoms with Crippen LogP contribution in [0, 0.1) is 41.7 Å². The third-order valence-electron chi connectivity index (χ3n) is 0. The fourth-order valence-corrected chi connectivity index (χ4v) is 0. The quantitative estimate of drug-likeness (QED) is 0.635. The average Bonchev–Trinajstić information content (AvgIpc) is 0. The minimum atomic E-state index is 0. The summed E-state index contributed by atoms with van der Waals surface area (Å²) in [5.41, 5.74) is 0. The summed E-state index contributed by atoms with van der Waals surface area (Å²) >= 11 is 0. The maximum Gasteiger partial charge on any atom is 0 e. The van der Waals surface area contributed by atoms with Crippen LogP contribution in [0.1, 0.15) is 0 Å². The maximum absolute atomic E-state index is 0. The molecule has 0 aromatic carbocycles. The molecular formula is H4CeCl4. The van der Waals surface area contributed by atoms with Crippen molar-refractivity contribution in [3.8, 4) is 0 Å². The van der Waals surface area contributed by atoms with Gasteiger partial charge in [-0.05, 0) is 0 Å². The monoisotopic (exact) mass is 284 g/mol. The molecule has 5 heavy (non-hydrogen) atoms. The van der Waals surface area contributed by atoms with E-state index in [1.165, 1.54) is 0 Å². The molecule has 0 amide bonds. The number of halogens is 4. The molecule has 0 spiro atoms. The van der Waals surface area contributed by atoms with Crippen LogP contribution in [0.2, 0.25) is 0 Å². The molecule has 0 bridgehead atoms. The summed E-state index contributed by atoms with van der Waals surface area (Å²) in [6, 6.07) is 0. The van der Waals surface area contributed by atoms with E-state index in [4.69, 9.17) is 0 Å². The first-order valence-corrected chi connectivity index (χ1v) is 0. The fourth-order valence-electron chi connectivity index (χ4n) is 0. The van der Waals surface area contributed by atoms with E-state index < -0.39 is 0 Å². The molecule has 0 heterocycles. The Balaban J connectivity index is 0. The van der Waals surface area contributed by atoms with E-state index in [1.54, 1.807) is 0 Å². The molecule has 0 radical (unpaired) electrons. The van der Waals surface area contributed by atoms with Crippen LogP contribution in [0.4, 0.5) is 0 Å². The van der Waals surface area contributed by atoms with Crippen molar-refractivity contribution in [2.24, 2.45) is 0 Å². The van der Waals surface area contributed by atoms with Crippen molar-refractivity contribution in [2.45, 2.75) is 0 Å². The predicted octanol–water partition coefficient (Wildman–Crippen LogP) is 1.69. The molecule has 0 aromatic rings. The third-order valence-corrected chi connectivity index (χ3v) is 0. The van der Waals surface area contributed by atoms with E-state index >= 15 is 0 Å². The van der Waals surface area contributed by atoms with Gasteiger partial charge in [-0.1, -0.05) is 0 Å². The van der Waals surface area contributed by atoms with Gasteiger partial charge in [-0.15, -0.1) is 49.6 Å². The Morgan fingerprint density at radius 1 is 0.400 bits per heavy atom. The molecule has 0 aliphatic heterocycles. The van der Waals surface area contributed by atoms with Gasteiger partial charge in [0, 0.05) is 41.7 Å². The van der Waals surface area contributed by atoms with Gasteiger partial charge < -0.3 is 0 Å². The standard InChI is InChI=1S/Ce.4ClH/h;4*1H. The minimum Gasteiger partial charge on any atom is -0.147 e. The second-order valence-electron chi connectivity index (χ2n) is 0. The molecular weight excluding hydrogens is 282 g/mol. The summed E-state index contributed by atoms with van der Waals surface area (Å²) < 4.78 is 0. The molecule has 36 valence electrons. The van der Waals surface area contributed by atoms with Crippen molar-refractivity contribution >= 4 is 49.6 Å². The Kier molecular flexibility index (Phi) is 312. The van der Waals surface area contributed by atoms with E-state index in [2.05, 4.69) is 0 Å². The van der Waals surface area contributed by atoms with Crippen LogP contribution in [-0.4, -0.2) is 0 Å². The summed E-state index contributed by atoms with van der Waals surface area (Å²) in [6.45, 7) is 0. The van der Waals surface area contributed by atoms with Gasteiger partial charge in [-0.2, -0.15) is 0 Å². The van der Waals surface area contributed by atoms with Crippen molar-refractivity contribution in [1.82, 2.24) is 0 Å². The van der Waals surface area contributed by atoms with Crippen LogP contribution >= 0.6 is 49.6 Å². The van der Waals surface area contributed by atoms with Crippen LogP contribution < -0.4 is 0 Å². The van der Waals surface area contributed by atoms with E-state index in [-0.39, 0.29) is 91.4 Å². The summed E-state index contributed by atoms with van der Waals surface area (Å²) in [7, 11) is 0. The number of hydrogen-bond acceptors (Lipinski definition) is 0. The average molecular weight is 286 g/mol. The first kappa shape index (κ1) is 50.0. The van der Waals surface area contributed by atoms with Gasteiger partial charge in [0.2, 0.25) is 0 Å². The summed E-state index contributed by atoms with van der Waals surface area (Å²) in [5.74, 6) is 0. The molecule has 5 heteroatoms. The van der Waals surface area contributed by atoms with Crippen molar-refractivity contribution in [3.63, 3.8) is 0 Å². The van der Waals surface area contributed by atoms with E-state index in [0.717, 1.165) is 0 Å². The predicted molar refractivity (Wildman–Crippen MR) is 29.0 cm³/mol. The second kappa shape index (κ2) is 31.1. The zero-order valence-electron chi connectivity index (χ0n) is 2.13. The number of hydrogen-bond donors (Lipinski definition) is 0. The van der Waals surface area contributed by atoms with Gasteiger partial charge in [0.1, 0.15) is 0 Å². The van der Waals surface area contributed by atoms with Gasteiger partial charge in [-0.3, -0.25) is 0 Å². The zero-order chi connectivity index (χ0) is 0. The van der Waals surface area contributed by atoms with Gasteiger partial charge >= 0.3 is 0 Å². The van der Waals surface area contributed by atoms with Crippen molar-refractivity contribution in [3.05, 3.63) is 0 Å². The molecule has 0 saturated heterocycles.